The van der Waals surface area contributed by atoms with Gasteiger partial charge in [0.25, 0.3) is 0 Å². The van der Waals surface area contributed by atoms with E-state index in [2.05, 4.69) is 34.7 Å². The van der Waals surface area contributed by atoms with E-state index in [1.807, 2.05) is 18.2 Å². The van der Waals surface area contributed by atoms with Crippen molar-refractivity contribution in [3.63, 3.8) is 0 Å². The van der Waals surface area contributed by atoms with Gasteiger partial charge in [-0.15, -0.1) is 24.0 Å². The van der Waals surface area contributed by atoms with Crippen molar-refractivity contribution in [1.82, 2.24) is 10.6 Å². The largest absolute Gasteiger partial charge is 0.378 e. The highest BCUT2D eigenvalue weighted by Gasteiger charge is 2.14. The van der Waals surface area contributed by atoms with Crippen LogP contribution in [0.5, 0.6) is 0 Å². The van der Waals surface area contributed by atoms with E-state index in [-0.39, 0.29) is 24.0 Å². The molecule has 25 heavy (non-hydrogen) atoms. The highest BCUT2D eigenvalue weighted by molar-refractivity contribution is 14.0. The van der Waals surface area contributed by atoms with E-state index in [9.17, 15) is 0 Å². The molecule has 2 unspecified atom stereocenters. The Balaban J connectivity index is 0.00000312. The maximum atomic E-state index is 5.78. The molecule has 6 heteroatoms. The fourth-order valence-corrected chi connectivity index (χ4v) is 2.73. The number of rotatable bonds is 9. The van der Waals surface area contributed by atoms with Crippen molar-refractivity contribution >= 4 is 29.9 Å². The second kappa shape index (κ2) is 13.4. The summed E-state index contributed by atoms with van der Waals surface area (Å²) < 4.78 is 11.4. The first-order chi connectivity index (χ1) is 11.8. The van der Waals surface area contributed by atoms with Crippen LogP contribution in [0.2, 0.25) is 0 Å². The van der Waals surface area contributed by atoms with Crippen molar-refractivity contribution in [2.24, 2.45) is 10.9 Å². The molecule has 1 aliphatic heterocycles. The van der Waals surface area contributed by atoms with E-state index in [0.717, 1.165) is 38.7 Å². The monoisotopic (exact) mass is 461 g/mol. The number of aliphatic imine (C=N–C) groups is 1. The van der Waals surface area contributed by atoms with E-state index in [0.29, 0.717) is 18.6 Å². The molecule has 0 spiro atoms. The van der Waals surface area contributed by atoms with Gasteiger partial charge in [0, 0.05) is 26.7 Å². The van der Waals surface area contributed by atoms with E-state index in [1.54, 1.807) is 7.05 Å². The van der Waals surface area contributed by atoms with Crippen LogP contribution >= 0.6 is 24.0 Å². The number of ether oxygens (including phenoxy) is 2. The number of benzene rings is 1. The van der Waals surface area contributed by atoms with E-state index in [4.69, 9.17) is 9.47 Å². The fourth-order valence-electron chi connectivity index (χ4n) is 2.73. The minimum absolute atomic E-state index is 0. The molecule has 142 valence electrons. The molecule has 0 amide bonds. The number of nitrogens with zero attached hydrogens (tertiary/aromatic N) is 1. The molecule has 0 aromatic heterocycles. The van der Waals surface area contributed by atoms with Crippen molar-refractivity contribution in [1.29, 1.82) is 0 Å². The van der Waals surface area contributed by atoms with E-state index in [1.165, 1.54) is 18.4 Å². The van der Waals surface area contributed by atoms with E-state index < -0.39 is 0 Å². The summed E-state index contributed by atoms with van der Waals surface area (Å²) in [6, 6.07) is 10.3. The molecule has 2 N–H and O–H groups in total. The summed E-state index contributed by atoms with van der Waals surface area (Å²) in [4.78, 5) is 4.26. The molecular formula is C19H32IN3O2. The lowest BCUT2D eigenvalue weighted by molar-refractivity contribution is 0.0930. The summed E-state index contributed by atoms with van der Waals surface area (Å²) in [6.07, 6.45) is 3.83. The molecule has 1 aromatic rings. The molecule has 0 saturated carbocycles. The lowest BCUT2D eigenvalue weighted by Gasteiger charge is -2.17. The third kappa shape index (κ3) is 9.42. The lowest BCUT2D eigenvalue weighted by Crippen LogP contribution is -2.41. The minimum Gasteiger partial charge on any atom is -0.378 e. The van der Waals surface area contributed by atoms with Crippen LogP contribution in [0.3, 0.4) is 0 Å². The topological polar surface area (TPSA) is 54.9 Å². The van der Waals surface area contributed by atoms with Crippen molar-refractivity contribution in [2.75, 3.05) is 33.4 Å². The first-order valence-electron chi connectivity index (χ1n) is 8.95. The van der Waals surface area contributed by atoms with Crippen molar-refractivity contribution < 1.29 is 9.47 Å². The number of halogens is 1. The van der Waals surface area contributed by atoms with Crippen molar-refractivity contribution in [3.05, 3.63) is 35.9 Å². The molecular weight excluding hydrogens is 429 g/mol. The third-order valence-corrected chi connectivity index (χ3v) is 4.14. The van der Waals surface area contributed by atoms with Crippen LogP contribution < -0.4 is 10.6 Å². The van der Waals surface area contributed by atoms with Gasteiger partial charge in [-0.3, -0.25) is 4.99 Å². The van der Waals surface area contributed by atoms with Gasteiger partial charge in [0.2, 0.25) is 0 Å². The molecule has 1 aliphatic rings. The quantitative estimate of drug-likeness (QED) is 0.337. The normalized spacial score (nSPS) is 18.5. The van der Waals surface area contributed by atoms with Gasteiger partial charge in [-0.1, -0.05) is 37.3 Å². The third-order valence-electron chi connectivity index (χ3n) is 4.14. The SMILES string of the molecule is CN=C(NCCC1CCCO1)NCC(C)COCc1ccccc1.I. The highest BCUT2D eigenvalue weighted by Crippen LogP contribution is 2.14. The maximum absolute atomic E-state index is 5.78. The summed E-state index contributed by atoms with van der Waals surface area (Å²) in [6.45, 7) is 6.22. The fraction of sp³-hybridized carbons (Fsp3) is 0.632. The molecule has 1 fully saturated rings. The molecule has 1 aromatic carbocycles. The molecule has 2 rings (SSSR count). The first kappa shape index (κ1) is 22.2. The molecule has 1 heterocycles. The smallest absolute Gasteiger partial charge is 0.190 e. The Bertz CT molecular complexity index is 479. The standard InChI is InChI=1S/C19H31N3O2.HI/c1-16(14-23-15-17-7-4-3-5-8-17)13-22-19(20-2)21-11-10-18-9-6-12-24-18;/h3-5,7-8,16,18H,6,9-15H2,1-2H3,(H2,20,21,22);1H. The molecule has 5 nitrogen and oxygen atoms in total. The van der Waals surface area contributed by atoms with Gasteiger partial charge in [-0.05, 0) is 30.7 Å². The maximum Gasteiger partial charge on any atom is 0.190 e. The number of hydrogen-bond acceptors (Lipinski definition) is 3. The molecule has 2 atom stereocenters. The van der Waals surface area contributed by atoms with Crippen LogP contribution in [-0.4, -0.2) is 45.4 Å². The number of hydrogen-bond donors (Lipinski definition) is 2. The predicted molar refractivity (Wildman–Crippen MR) is 114 cm³/mol. The zero-order valence-corrected chi connectivity index (χ0v) is 17.7. The Kier molecular flexibility index (Phi) is 11.9. The summed E-state index contributed by atoms with van der Waals surface area (Å²) >= 11 is 0. The zero-order valence-electron chi connectivity index (χ0n) is 15.4. The van der Waals surface area contributed by atoms with Crippen LogP contribution in [0.15, 0.2) is 35.3 Å². The Hall–Kier alpha value is -0.860. The first-order valence-corrected chi connectivity index (χ1v) is 8.95. The molecule has 1 saturated heterocycles. The van der Waals surface area contributed by atoms with Crippen LogP contribution in [0.25, 0.3) is 0 Å². The molecule has 0 aliphatic carbocycles. The molecule has 0 radical (unpaired) electrons. The van der Waals surface area contributed by atoms with Crippen LogP contribution in [0.1, 0.15) is 31.7 Å². The highest BCUT2D eigenvalue weighted by atomic mass is 127. The Labute approximate surface area is 169 Å². The van der Waals surface area contributed by atoms with Gasteiger partial charge < -0.3 is 20.1 Å². The summed E-state index contributed by atoms with van der Waals surface area (Å²) in [5, 5.41) is 6.71. The summed E-state index contributed by atoms with van der Waals surface area (Å²) in [5.74, 6) is 1.27. The van der Waals surface area contributed by atoms with Gasteiger partial charge in [0.1, 0.15) is 0 Å². The molecule has 0 bridgehead atoms. The van der Waals surface area contributed by atoms with Gasteiger partial charge in [0.05, 0.1) is 19.3 Å². The summed E-state index contributed by atoms with van der Waals surface area (Å²) in [7, 11) is 1.80. The Morgan fingerprint density at radius 3 is 2.80 bits per heavy atom. The number of guanidine groups is 1. The van der Waals surface area contributed by atoms with E-state index >= 15 is 0 Å². The second-order valence-corrected chi connectivity index (χ2v) is 6.41. The average Bonchev–Trinajstić information content (AvgIpc) is 3.12. The zero-order chi connectivity index (χ0) is 17.0. The lowest BCUT2D eigenvalue weighted by atomic mass is 10.2. The van der Waals surface area contributed by atoms with Gasteiger partial charge in [0.15, 0.2) is 5.96 Å². The van der Waals surface area contributed by atoms with Gasteiger partial charge in [-0.2, -0.15) is 0 Å². The van der Waals surface area contributed by atoms with Crippen LogP contribution in [0.4, 0.5) is 0 Å². The summed E-state index contributed by atoms with van der Waals surface area (Å²) in [5.41, 5.74) is 1.21. The van der Waals surface area contributed by atoms with Crippen LogP contribution in [0, 0.1) is 5.92 Å². The van der Waals surface area contributed by atoms with Crippen LogP contribution in [-0.2, 0) is 16.1 Å². The Morgan fingerprint density at radius 1 is 1.32 bits per heavy atom. The van der Waals surface area contributed by atoms with Gasteiger partial charge >= 0.3 is 0 Å². The van der Waals surface area contributed by atoms with Crippen molar-refractivity contribution in [2.45, 2.75) is 38.9 Å². The number of nitrogens with one attached hydrogen (secondary N) is 2. The predicted octanol–water partition coefficient (Wildman–Crippen LogP) is 3.19. The average molecular weight is 461 g/mol. The van der Waals surface area contributed by atoms with Crippen molar-refractivity contribution in [3.8, 4) is 0 Å². The second-order valence-electron chi connectivity index (χ2n) is 6.41. The van der Waals surface area contributed by atoms with Gasteiger partial charge in [-0.25, -0.2) is 0 Å². The minimum atomic E-state index is 0. The Morgan fingerprint density at radius 2 is 2.12 bits per heavy atom.